The molecule has 1 fully saturated rings. The lowest BCUT2D eigenvalue weighted by atomic mass is 9.90. The summed E-state index contributed by atoms with van der Waals surface area (Å²) in [6.07, 6.45) is 6.35. The molecule has 1 atom stereocenters. The molecule has 0 aromatic carbocycles. The predicted molar refractivity (Wildman–Crippen MR) is 110 cm³/mol. The Morgan fingerprint density at radius 2 is 2.13 bits per heavy atom. The lowest BCUT2D eigenvalue weighted by molar-refractivity contribution is 0.145. The van der Waals surface area contributed by atoms with Gasteiger partial charge >= 0.3 is 0 Å². The molecule has 3 aromatic rings. The molecular weight excluding hydrogens is 390 g/mol. The SMILES string of the molecule is CC(N)=C(C=N)C1CCCN(c2ccnc(-c3cnc4cnc(C(F)F)cn34)n2)C1. The van der Waals surface area contributed by atoms with Crippen LogP contribution >= 0.6 is 0 Å². The average Bonchev–Trinajstić information content (AvgIpc) is 3.17. The Morgan fingerprint density at radius 3 is 2.87 bits per heavy atom. The van der Waals surface area contributed by atoms with Gasteiger partial charge in [0.25, 0.3) is 6.43 Å². The van der Waals surface area contributed by atoms with Crippen LogP contribution in [0, 0.1) is 11.3 Å². The predicted octanol–water partition coefficient (Wildman–Crippen LogP) is 3.22. The number of anilines is 1. The lowest BCUT2D eigenvalue weighted by Crippen LogP contribution is -2.37. The fourth-order valence-electron chi connectivity index (χ4n) is 3.82. The van der Waals surface area contributed by atoms with Gasteiger partial charge in [-0.1, -0.05) is 0 Å². The van der Waals surface area contributed by atoms with Crippen LogP contribution < -0.4 is 10.6 Å². The Kier molecular flexibility index (Phi) is 5.39. The van der Waals surface area contributed by atoms with Crippen molar-refractivity contribution < 1.29 is 8.78 Å². The van der Waals surface area contributed by atoms with Crippen molar-refractivity contribution in [2.45, 2.75) is 26.2 Å². The zero-order valence-corrected chi connectivity index (χ0v) is 16.5. The number of piperidine rings is 1. The van der Waals surface area contributed by atoms with E-state index in [1.54, 1.807) is 12.4 Å². The summed E-state index contributed by atoms with van der Waals surface area (Å²) in [4.78, 5) is 19.1. The van der Waals surface area contributed by atoms with Crippen LogP contribution in [-0.2, 0) is 0 Å². The molecule has 10 heteroatoms. The van der Waals surface area contributed by atoms with Crippen molar-refractivity contribution >= 4 is 17.7 Å². The highest BCUT2D eigenvalue weighted by Gasteiger charge is 2.24. The first kappa shape index (κ1) is 19.9. The Hall–Kier alpha value is -3.43. The van der Waals surface area contributed by atoms with Gasteiger partial charge in [0.2, 0.25) is 0 Å². The van der Waals surface area contributed by atoms with Crippen LogP contribution in [0.25, 0.3) is 17.2 Å². The van der Waals surface area contributed by atoms with Gasteiger partial charge in [-0.15, -0.1) is 0 Å². The number of aromatic nitrogens is 5. The van der Waals surface area contributed by atoms with Crippen LogP contribution in [-0.4, -0.2) is 43.6 Å². The number of nitrogens with two attached hydrogens (primary N) is 1. The van der Waals surface area contributed by atoms with Gasteiger partial charge in [-0.2, -0.15) is 0 Å². The molecule has 156 valence electrons. The highest BCUT2D eigenvalue weighted by molar-refractivity contribution is 5.77. The van der Waals surface area contributed by atoms with E-state index in [-0.39, 0.29) is 11.6 Å². The van der Waals surface area contributed by atoms with Crippen molar-refractivity contribution in [1.29, 1.82) is 5.41 Å². The van der Waals surface area contributed by atoms with Crippen LogP contribution in [0.4, 0.5) is 14.6 Å². The van der Waals surface area contributed by atoms with E-state index >= 15 is 0 Å². The van der Waals surface area contributed by atoms with Crippen LogP contribution in [0.5, 0.6) is 0 Å². The summed E-state index contributed by atoms with van der Waals surface area (Å²) >= 11 is 0. The van der Waals surface area contributed by atoms with Crippen LogP contribution in [0.1, 0.15) is 31.9 Å². The molecular formula is C20H22F2N8. The minimum absolute atomic E-state index is 0.162. The largest absolute Gasteiger partial charge is 0.402 e. The minimum atomic E-state index is -2.68. The Labute approximate surface area is 172 Å². The third-order valence-corrected chi connectivity index (χ3v) is 5.31. The van der Waals surface area contributed by atoms with Crippen molar-refractivity contribution in [2.24, 2.45) is 11.7 Å². The number of fused-ring (bicyclic) bond motifs is 1. The average molecular weight is 412 g/mol. The van der Waals surface area contributed by atoms with E-state index in [0.29, 0.717) is 29.4 Å². The van der Waals surface area contributed by atoms with E-state index in [2.05, 4.69) is 24.8 Å². The summed E-state index contributed by atoms with van der Waals surface area (Å²) in [7, 11) is 0. The molecule has 0 aliphatic carbocycles. The molecule has 1 saturated heterocycles. The molecule has 1 aliphatic rings. The van der Waals surface area contributed by atoms with Crippen molar-refractivity contribution in [3.8, 4) is 11.5 Å². The maximum absolute atomic E-state index is 13.1. The van der Waals surface area contributed by atoms with Crippen molar-refractivity contribution in [3.63, 3.8) is 0 Å². The first-order chi connectivity index (χ1) is 14.5. The van der Waals surface area contributed by atoms with E-state index in [4.69, 9.17) is 11.1 Å². The molecule has 4 rings (SSSR count). The van der Waals surface area contributed by atoms with Crippen molar-refractivity contribution in [2.75, 3.05) is 18.0 Å². The van der Waals surface area contributed by atoms with Crippen molar-refractivity contribution in [1.82, 2.24) is 24.3 Å². The molecule has 0 saturated carbocycles. The summed E-state index contributed by atoms with van der Waals surface area (Å²) in [5.74, 6) is 1.29. The fourth-order valence-corrected chi connectivity index (χ4v) is 3.82. The van der Waals surface area contributed by atoms with E-state index < -0.39 is 6.43 Å². The minimum Gasteiger partial charge on any atom is -0.402 e. The highest BCUT2D eigenvalue weighted by Crippen LogP contribution is 2.28. The highest BCUT2D eigenvalue weighted by atomic mass is 19.3. The number of nitrogens with one attached hydrogen (secondary N) is 1. The second-order valence-electron chi connectivity index (χ2n) is 7.29. The third-order valence-electron chi connectivity index (χ3n) is 5.31. The van der Waals surface area contributed by atoms with E-state index in [1.807, 2.05) is 13.0 Å². The number of allylic oxidation sites excluding steroid dienone is 1. The third kappa shape index (κ3) is 3.72. The van der Waals surface area contributed by atoms with E-state index in [0.717, 1.165) is 30.8 Å². The number of nitrogens with zero attached hydrogens (tertiary/aromatic N) is 6. The first-order valence-corrected chi connectivity index (χ1v) is 9.64. The molecule has 4 heterocycles. The summed E-state index contributed by atoms with van der Waals surface area (Å²) in [6.45, 7) is 3.34. The zero-order chi connectivity index (χ0) is 21.3. The van der Waals surface area contributed by atoms with Crippen LogP contribution in [0.3, 0.4) is 0 Å². The first-order valence-electron chi connectivity index (χ1n) is 9.64. The van der Waals surface area contributed by atoms with Gasteiger partial charge in [0, 0.05) is 43.3 Å². The quantitative estimate of drug-likeness (QED) is 0.623. The van der Waals surface area contributed by atoms with Crippen LogP contribution in [0.2, 0.25) is 0 Å². The molecule has 0 spiro atoms. The van der Waals surface area contributed by atoms with E-state index in [1.165, 1.54) is 23.0 Å². The second-order valence-corrected chi connectivity index (χ2v) is 7.29. The molecule has 1 aliphatic heterocycles. The Bertz CT molecular complexity index is 1100. The molecule has 0 radical (unpaired) electrons. The molecule has 0 bridgehead atoms. The number of hydrogen-bond acceptors (Lipinski definition) is 7. The Morgan fingerprint density at radius 1 is 1.30 bits per heavy atom. The van der Waals surface area contributed by atoms with Gasteiger partial charge in [-0.3, -0.25) is 4.40 Å². The number of hydrogen-bond donors (Lipinski definition) is 2. The van der Waals surface area contributed by atoms with Gasteiger partial charge in [0.15, 0.2) is 11.5 Å². The lowest BCUT2D eigenvalue weighted by Gasteiger charge is -2.34. The topological polar surface area (TPSA) is 109 Å². The molecule has 0 amide bonds. The monoisotopic (exact) mass is 412 g/mol. The number of alkyl halides is 2. The molecule has 30 heavy (non-hydrogen) atoms. The fraction of sp³-hybridized carbons (Fsp3) is 0.350. The molecule has 8 nitrogen and oxygen atoms in total. The number of imidazole rings is 1. The summed E-state index contributed by atoms with van der Waals surface area (Å²) < 4.78 is 27.7. The van der Waals surface area contributed by atoms with E-state index in [9.17, 15) is 8.78 Å². The molecule has 3 aromatic heterocycles. The second kappa shape index (κ2) is 8.13. The van der Waals surface area contributed by atoms with Gasteiger partial charge < -0.3 is 16.0 Å². The smallest absolute Gasteiger partial charge is 0.281 e. The number of halogens is 2. The van der Waals surface area contributed by atoms with Gasteiger partial charge in [0.05, 0.1) is 12.4 Å². The maximum atomic E-state index is 13.1. The zero-order valence-electron chi connectivity index (χ0n) is 16.5. The summed E-state index contributed by atoms with van der Waals surface area (Å²) in [6, 6.07) is 1.82. The maximum Gasteiger partial charge on any atom is 0.281 e. The van der Waals surface area contributed by atoms with Crippen molar-refractivity contribution in [3.05, 3.63) is 47.8 Å². The Balaban J connectivity index is 1.67. The normalized spacial score (nSPS) is 18.0. The molecule has 3 N–H and O–H groups in total. The van der Waals surface area contributed by atoms with Crippen LogP contribution in [0.15, 0.2) is 42.1 Å². The van der Waals surface area contributed by atoms with Gasteiger partial charge in [0.1, 0.15) is 17.2 Å². The standard InChI is InChI=1S/C20H22F2N8/c1-12(24)14(7-23)13-3-2-6-29(10-13)17-4-5-25-20(28-17)16-8-27-18-9-26-15(19(21)22)11-30(16)18/h4-5,7-9,11,13,19,23H,2-3,6,10,24H2,1H3. The van der Waals surface area contributed by atoms with Gasteiger partial charge in [-0.25, -0.2) is 28.7 Å². The number of rotatable bonds is 5. The summed E-state index contributed by atoms with van der Waals surface area (Å²) in [5, 5.41) is 7.67. The molecule has 1 unspecified atom stereocenters. The van der Waals surface area contributed by atoms with Gasteiger partial charge in [-0.05, 0) is 31.4 Å². The summed E-state index contributed by atoms with van der Waals surface area (Å²) in [5.41, 5.74) is 8.09.